The molecule has 30 atom stereocenters. The zero-order valence-electron chi connectivity index (χ0n) is 43.3. The minimum Gasteiger partial charge on any atom is -0.394 e. The third-order valence-corrected chi connectivity index (χ3v) is 14.6. The molecule has 2 amide bonds. The second-order valence-corrected chi connectivity index (χ2v) is 21.1. The summed E-state index contributed by atoms with van der Waals surface area (Å²) in [6, 6.07) is -3.66. The van der Waals surface area contributed by atoms with Crippen molar-refractivity contribution in [3.05, 3.63) is 0 Å². The van der Waals surface area contributed by atoms with Crippen LogP contribution in [0.5, 0.6) is 0 Å². The highest BCUT2D eigenvalue weighted by molar-refractivity contribution is 7.46. The minimum atomic E-state index is -5.20. The van der Waals surface area contributed by atoms with Crippen LogP contribution in [0.25, 0.3) is 0 Å². The number of aliphatic hydroxyl groups is 16. The van der Waals surface area contributed by atoms with Crippen molar-refractivity contribution in [3.8, 4) is 0 Å². The van der Waals surface area contributed by atoms with Crippen molar-refractivity contribution in [2.24, 2.45) is 5.73 Å². The van der Waals surface area contributed by atoms with Gasteiger partial charge in [-0.1, -0.05) is 0 Å². The largest absolute Gasteiger partial charge is 0.469 e. The van der Waals surface area contributed by atoms with Crippen LogP contribution < -0.4 is 16.4 Å². The Hall–Kier alpha value is -2.11. The van der Waals surface area contributed by atoms with E-state index < -0.39 is 243 Å². The fourth-order valence-corrected chi connectivity index (χ4v) is 10.2. The molecule has 0 unspecified atom stereocenters. The molecule has 6 saturated heterocycles. The van der Waals surface area contributed by atoms with Crippen LogP contribution in [-0.4, -0.2) is 340 Å². The molecule has 37 nitrogen and oxygen atoms in total. The maximum absolute atomic E-state index is 13.1. The van der Waals surface area contributed by atoms with Gasteiger partial charge in [0.15, 0.2) is 37.7 Å². The molecule has 38 heteroatoms. The normalized spacial score (nSPS) is 46.2. The quantitative estimate of drug-likeness (QED) is 0.0315. The van der Waals surface area contributed by atoms with Crippen LogP contribution in [0.4, 0.5) is 0 Å². The zero-order valence-corrected chi connectivity index (χ0v) is 44.2. The lowest BCUT2D eigenvalue weighted by Crippen LogP contribution is -2.71. The number of ether oxygens (including phenoxy) is 12. The van der Waals surface area contributed by atoms with E-state index in [9.17, 15) is 106 Å². The lowest BCUT2D eigenvalue weighted by atomic mass is 9.93. The number of hydrogen-bond acceptors (Lipinski definition) is 33. The van der Waals surface area contributed by atoms with Crippen molar-refractivity contribution in [1.82, 2.24) is 10.6 Å². The Bertz CT molecular complexity index is 2010. The van der Waals surface area contributed by atoms with E-state index in [1.165, 1.54) is 0 Å². The summed E-state index contributed by atoms with van der Waals surface area (Å²) in [4.78, 5) is 44.2. The summed E-state index contributed by atoms with van der Waals surface area (Å²) >= 11 is 0. The SMILES string of the molecule is CC(=O)N[C@H]1[C@H](O[C@@H]2[C@H](O)[C@@H](OCCCN)O[C@H](CO)[C@H]2O)O[C@H](CO)[C@H](O[C@H]2O[C@H](CO)[C@@H](O[C@@H]3O[C@H](CO)[C@H](O)[C@H](O[C@@H]4O[C@H](COP(=O)(O)O)[C@@H](O)[C@H](O)[C@H]4O)[C@H]3NC(C)=O)[C@H](O)[C@H]2O)[C@@H]1O[C@@H]1O[C@H](CO)[C@@H](O)[C@H](O)[C@H]1O. The monoisotopic (exact) mass is 1210 g/mol. The number of nitrogens with two attached hydrogens (primary N) is 1. The second kappa shape index (κ2) is 30.0. The molecule has 472 valence electrons. The molecule has 0 spiro atoms. The summed E-state index contributed by atoms with van der Waals surface area (Å²) in [6.07, 6.45) is -54.8. The zero-order chi connectivity index (χ0) is 59.9. The molecule has 6 rings (SSSR count). The molecule has 81 heavy (non-hydrogen) atoms. The van der Waals surface area contributed by atoms with Crippen LogP contribution in [0.1, 0.15) is 20.3 Å². The van der Waals surface area contributed by atoms with Crippen LogP contribution in [0.15, 0.2) is 0 Å². The van der Waals surface area contributed by atoms with Gasteiger partial charge in [-0.3, -0.25) is 14.1 Å². The first-order chi connectivity index (χ1) is 38.2. The molecule has 0 aromatic rings. The molecule has 6 fully saturated rings. The number of amides is 2. The molecule has 0 saturated carbocycles. The molecule has 6 aliphatic heterocycles. The number of hydrogen-bond donors (Lipinski definition) is 21. The number of nitrogens with one attached hydrogen (secondary N) is 2. The number of carbonyl (C=O) groups is 2. The van der Waals surface area contributed by atoms with Crippen LogP contribution >= 0.6 is 7.82 Å². The van der Waals surface area contributed by atoms with E-state index in [4.69, 9.17) is 62.6 Å². The Labute approximate surface area is 459 Å². The first-order valence-corrected chi connectivity index (χ1v) is 27.1. The molecule has 0 aliphatic carbocycles. The van der Waals surface area contributed by atoms with E-state index in [2.05, 4.69) is 15.2 Å². The van der Waals surface area contributed by atoms with Crippen molar-refractivity contribution >= 4 is 19.6 Å². The number of phosphoric ester groups is 1. The summed E-state index contributed by atoms with van der Waals surface area (Å²) in [5.41, 5.74) is 5.56. The van der Waals surface area contributed by atoms with Gasteiger partial charge in [0, 0.05) is 13.8 Å². The predicted molar refractivity (Wildman–Crippen MR) is 251 cm³/mol. The van der Waals surface area contributed by atoms with Gasteiger partial charge in [-0.2, -0.15) is 0 Å². The standard InChI is InChI=1S/C43H76N3O34P/c1-12(52)45-20-35(78-42-30(62)27(59)23(55)19(75-42)11-69-81(65,66)67)24(56)15(7-48)70-38(20)76-33-17(9-50)74-43(31(63)28(33)60)77-34-18(10-51)73-39(80-37-25(57)16(8-49)71-40(32(37)64)68-5-3-4-44)21(46-13(2)53)36(34)79-41-29(61)26(58)22(54)14(6-47)72-41/h14-43,47-51,54-64H,3-11,44H2,1-2H3,(H,45,52)(H,46,53)(H2,65,66,67)/t14-,15-,16-,17-,18-,19-,20-,21-,22-,23-,24+,25-,26+,27+,28-,29-,30-,31-,32+,33-,34+,35-,36-,37+,38+,39+,40+,41+,42+,43-/m1/s1. The average molecular weight is 1210 g/mol. The lowest BCUT2D eigenvalue weighted by Gasteiger charge is -2.52. The van der Waals surface area contributed by atoms with E-state index in [1.54, 1.807) is 0 Å². The van der Waals surface area contributed by atoms with Gasteiger partial charge in [0.1, 0.15) is 146 Å². The fourth-order valence-electron chi connectivity index (χ4n) is 9.87. The van der Waals surface area contributed by atoms with Crippen molar-refractivity contribution < 1.29 is 167 Å². The van der Waals surface area contributed by atoms with Gasteiger partial charge >= 0.3 is 7.82 Å². The van der Waals surface area contributed by atoms with E-state index in [0.717, 1.165) is 13.8 Å². The molecule has 22 N–H and O–H groups in total. The average Bonchev–Trinajstić information content (AvgIpc) is 3.48. The van der Waals surface area contributed by atoms with Crippen LogP contribution in [0.3, 0.4) is 0 Å². The number of phosphoric acid groups is 1. The topological polar surface area (TPSA) is 585 Å². The van der Waals surface area contributed by atoms with Gasteiger partial charge in [-0.05, 0) is 13.0 Å². The summed E-state index contributed by atoms with van der Waals surface area (Å²) in [6.45, 7) is -4.18. The molecule has 6 aliphatic rings. The Kier molecular flexibility index (Phi) is 25.2. The molecular formula is C43H76N3O34P. The highest BCUT2D eigenvalue weighted by atomic mass is 31.2. The first-order valence-electron chi connectivity index (χ1n) is 25.5. The summed E-state index contributed by atoms with van der Waals surface area (Å²) in [5.74, 6) is -1.79. The van der Waals surface area contributed by atoms with Gasteiger partial charge in [0.05, 0.1) is 46.2 Å². The van der Waals surface area contributed by atoms with Crippen LogP contribution in [-0.2, 0) is 75.5 Å². The number of rotatable bonds is 24. The maximum Gasteiger partial charge on any atom is 0.469 e. The maximum atomic E-state index is 13.1. The molecule has 0 bridgehead atoms. The van der Waals surface area contributed by atoms with E-state index >= 15 is 0 Å². The lowest BCUT2D eigenvalue weighted by molar-refractivity contribution is -0.393. The predicted octanol–water partition coefficient (Wildman–Crippen LogP) is -13.3. The highest BCUT2D eigenvalue weighted by Gasteiger charge is 2.59. The van der Waals surface area contributed by atoms with Gasteiger partial charge in [0.2, 0.25) is 11.8 Å². The third kappa shape index (κ3) is 16.1. The summed E-state index contributed by atoms with van der Waals surface area (Å²) in [5, 5.41) is 179. The van der Waals surface area contributed by atoms with Crippen molar-refractivity contribution in [3.63, 3.8) is 0 Å². The van der Waals surface area contributed by atoms with Crippen molar-refractivity contribution in [1.29, 1.82) is 0 Å². The number of aliphatic hydroxyl groups excluding tert-OH is 16. The molecular weight excluding hydrogens is 1130 g/mol. The molecule has 0 aromatic carbocycles. The van der Waals surface area contributed by atoms with Crippen LogP contribution in [0, 0.1) is 0 Å². The van der Waals surface area contributed by atoms with Crippen LogP contribution in [0.2, 0.25) is 0 Å². The van der Waals surface area contributed by atoms with Gasteiger partial charge < -0.3 is 165 Å². The Morgan fingerprint density at radius 2 is 0.802 bits per heavy atom. The van der Waals surface area contributed by atoms with Crippen molar-refractivity contribution in [2.45, 2.75) is 204 Å². The Morgan fingerprint density at radius 1 is 0.432 bits per heavy atom. The first kappa shape index (κ1) is 68.0. The third-order valence-electron chi connectivity index (χ3n) is 14.1. The Balaban J connectivity index is 1.30. The summed E-state index contributed by atoms with van der Waals surface area (Å²) < 4.78 is 86.0. The summed E-state index contributed by atoms with van der Waals surface area (Å²) in [7, 11) is -5.20. The minimum absolute atomic E-state index is 0.0781. The Morgan fingerprint density at radius 3 is 1.31 bits per heavy atom. The van der Waals surface area contributed by atoms with E-state index in [1.807, 2.05) is 0 Å². The van der Waals surface area contributed by atoms with Gasteiger partial charge in [0.25, 0.3) is 0 Å². The van der Waals surface area contributed by atoms with Gasteiger partial charge in [-0.25, -0.2) is 4.57 Å². The smallest absolute Gasteiger partial charge is 0.394 e. The van der Waals surface area contributed by atoms with E-state index in [-0.39, 0.29) is 19.6 Å². The molecule has 6 heterocycles. The second-order valence-electron chi connectivity index (χ2n) is 19.8. The van der Waals surface area contributed by atoms with E-state index in [0.29, 0.717) is 0 Å². The molecule has 0 radical (unpaired) electrons. The van der Waals surface area contributed by atoms with Crippen molar-refractivity contribution in [2.75, 3.05) is 52.8 Å². The number of carbonyl (C=O) groups excluding carboxylic acids is 2. The molecule has 0 aromatic heterocycles. The highest BCUT2D eigenvalue weighted by Crippen LogP contribution is 2.40. The fraction of sp³-hybridized carbons (Fsp3) is 0.953. The van der Waals surface area contributed by atoms with Gasteiger partial charge in [-0.15, -0.1) is 0 Å².